The summed E-state index contributed by atoms with van der Waals surface area (Å²) in [5.41, 5.74) is 2.58. The highest BCUT2D eigenvalue weighted by molar-refractivity contribution is 14.0. The van der Waals surface area contributed by atoms with Gasteiger partial charge < -0.3 is 20.1 Å². The van der Waals surface area contributed by atoms with Gasteiger partial charge in [-0.15, -0.1) is 24.0 Å². The van der Waals surface area contributed by atoms with E-state index in [9.17, 15) is 0 Å². The molecule has 0 aromatic heterocycles. The molecule has 0 radical (unpaired) electrons. The van der Waals surface area contributed by atoms with Gasteiger partial charge in [-0.1, -0.05) is 24.3 Å². The molecule has 1 unspecified atom stereocenters. The highest BCUT2D eigenvalue weighted by Crippen LogP contribution is 2.11. The summed E-state index contributed by atoms with van der Waals surface area (Å²) in [6, 6.07) is 8.38. The number of guanidine groups is 1. The Kier molecular flexibility index (Phi) is 11.0. The molecule has 0 aliphatic carbocycles. The summed E-state index contributed by atoms with van der Waals surface area (Å²) in [6.45, 7) is 6.11. The van der Waals surface area contributed by atoms with Crippen LogP contribution in [0.2, 0.25) is 0 Å². The lowest BCUT2D eigenvalue weighted by molar-refractivity contribution is 0.0168. The molecule has 1 aliphatic rings. The normalized spacial score (nSPS) is 17.4. The van der Waals surface area contributed by atoms with Crippen LogP contribution in [0.5, 0.6) is 0 Å². The quantitative estimate of drug-likeness (QED) is 0.279. The molecule has 1 aromatic rings. The highest BCUT2D eigenvalue weighted by atomic mass is 127. The van der Waals surface area contributed by atoms with E-state index < -0.39 is 0 Å². The summed E-state index contributed by atoms with van der Waals surface area (Å²) < 4.78 is 11.2. The third-order valence-electron chi connectivity index (χ3n) is 4.02. The van der Waals surface area contributed by atoms with E-state index in [4.69, 9.17) is 9.47 Å². The Bertz CT molecular complexity index is 491. The van der Waals surface area contributed by atoms with Crippen LogP contribution in [0.4, 0.5) is 0 Å². The standard InChI is InChI=1S/C18H29N3O2.HI/c1-15-7-3-4-8-16(15)13-21-18(19-2)20-10-6-11-22-14-17-9-5-12-23-17;/h3-4,7-8,17H,5-6,9-14H2,1-2H3,(H2,19,20,21);1H. The fourth-order valence-corrected chi connectivity index (χ4v) is 2.58. The molecule has 5 nitrogen and oxygen atoms in total. The number of aliphatic imine (C=N–C) groups is 1. The van der Waals surface area contributed by atoms with Gasteiger partial charge in [-0.3, -0.25) is 4.99 Å². The van der Waals surface area contributed by atoms with Gasteiger partial charge in [0.2, 0.25) is 0 Å². The first kappa shape index (κ1) is 21.2. The van der Waals surface area contributed by atoms with Gasteiger partial charge >= 0.3 is 0 Å². The van der Waals surface area contributed by atoms with E-state index >= 15 is 0 Å². The largest absolute Gasteiger partial charge is 0.379 e. The Morgan fingerprint density at radius 3 is 2.88 bits per heavy atom. The number of rotatable bonds is 8. The molecule has 2 rings (SSSR count). The molecule has 6 heteroatoms. The van der Waals surface area contributed by atoms with Crippen LogP contribution in [-0.4, -0.2) is 45.5 Å². The van der Waals surface area contributed by atoms with Crippen LogP contribution in [-0.2, 0) is 16.0 Å². The van der Waals surface area contributed by atoms with Gasteiger partial charge in [0.05, 0.1) is 12.7 Å². The number of hydrogen-bond acceptors (Lipinski definition) is 3. The number of nitrogens with one attached hydrogen (secondary N) is 2. The molecule has 0 saturated carbocycles. The molecular weight excluding hydrogens is 417 g/mol. The molecule has 1 atom stereocenters. The summed E-state index contributed by atoms with van der Waals surface area (Å²) >= 11 is 0. The Hall–Kier alpha value is -0.860. The first-order chi connectivity index (χ1) is 11.3. The molecule has 1 aliphatic heterocycles. The van der Waals surface area contributed by atoms with Crippen LogP contribution in [0.1, 0.15) is 30.4 Å². The SMILES string of the molecule is CN=C(NCCCOCC1CCCO1)NCc1ccccc1C.I. The zero-order valence-electron chi connectivity index (χ0n) is 14.7. The molecule has 1 aromatic carbocycles. The van der Waals surface area contributed by atoms with Gasteiger partial charge in [-0.2, -0.15) is 0 Å². The van der Waals surface area contributed by atoms with E-state index in [1.165, 1.54) is 17.5 Å². The van der Waals surface area contributed by atoms with Crippen LogP contribution in [0.3, 0.4) is 0 Å². The third-order valence-corrected chi connectivity index (χ3v) is 4.02. The van der Waals surface area contributed by atoms with E-state index in [1.54, 1.807) is 7.05 Å². The van der Waals surface area contributed by atoms with E-state index in [2.05, 4.69) is 46.8 Å². The summed E-state index contributed by atoms with van der Waals surface area (Å²) in [5.74, 6) is 0.826. The van der Waals surface area contributed by atoms with Crippen molar-refractivity contribution in [1.82, 2.24) is 10.6 Å². The zero-order valence-corrected chi connectivity index (χ0v) is 17.0. The lowest BCUT2D eigenvalue weighted by Gasteiger charge is -2.13. The fourth-order valence-electron chi connectivity index (χ4n) is 2.58. The molecule has 1 saturated heterocycles. The maximum absolute atomic E-state index is 5.65. The number of hydrogen-bond donors (Lipinski definition) is 2. The van der Waals surface area contributed by atoms with Crippen LogP contribution in [0, 0.1) is 6.92 Å². The van der Waals surface area contributed by atoms with Crippen LogP contribution in [0.15, 0.2) is 29.3 Å². The smallest absolute Gasteiger partial charge is 0.191 e. The number of aryl methyl sites for hydroxylation is 1. The molecule has 24 heavy (non-hydrogen) atoms. The molecule has 2 N–H and O–H groups in total. The van der Waals surface area contributed by atoms with Crippen LogP contribution >= 0.6 is 24.0 Å². The summed E-state index contributed by atoms with van der Waals surface area (Å²) in [5, 5.41) is 6.66. The van der Waals surface area contributed by atoms with E-state index in [-0.39, 0.29) is 24.0 Å². The lowest BCUT2D eigenvalue weighted by atomic mass is 10.1. The van der Waals surface area contributed by atoms with Crippen molar-refractivity contribution in [1.29, 1.82) is 0 Å². The highest BCUT2D eigenvalue weighted by Gasteiger charge is 2.14. The van der Waals surface area contributed by atoms with Gasteiger partial charge in [0.1, 0.15) is 0 Å². The van der Waals surface area contributed by atoms with Crippen molar-refractivity contribution in [2.24, 2.45) is 4.99 Å². The average molecular weight is 447 g/mol. The first-order valence-electron chi connectivity index (χ1n) is 8.48. The van der Waals surface area contributed by atoms with E-state index in [0.717, 1.165) is 51.7 Å². The maximum atomic E-state index is 5.65. The van der Waals surface area contributed by atoms with Crippen molar-refractivity contribution in [2.75, 3.05) is 33.4 Å². The summed E-state index contributed by atoms with van der Waals surface area (Å²) in [7, 11) is 1.79. The van der Waals surface area contributed by atoms with E-state index in [0.29, 0.717) is 6.10 Å². The van der Waals surface area contributed by atoms with Gasteiger partial charge in [-0.05, 0) is 37.3 Å². The minimum atomic E-state index is 0. The average Bonchev–Trinajstić information content (AvgIpc) is 3.08. The number of nitrogens with zero attached hydrogens (tertiary/aromatic N) is 1. The number of halogens is 1. The fraction of sp³-hybridized carbons (Fsp3) is 0.611. The molecule has 136 valence electrons. The lowest BCUT2D eigenvalue weighted by Crippen LogP contribution is -2.37. The number of benzene rings is 1. The Labute approximate surface area is 162 Å². The van der Waals surface area contributed by atoms with Gasteiger partial charge in [0.25, 0.3) is 0 Å². The first-order valence-corrected chi connectivity index (χ1v) is 8.48. The summed E-state index contributed by atoms with van der Waals surface area (Å²) in [4.78, 5) is 4.25. The Balaban J connectivity index is 0.00000288. The molecule has 1 fully saturated rings. The Morgan fingerprint density at radius 1 is 1.33 bits per heavy atom. The minimum absolute atomic E-state index is 0. The predicted molar refractivity (Wildman–Crippen MR) is 109 cm³/mol. The van der Waals surface area contributed by atoms with Gasteiger partial charge in [0, 0.05) is 33.4 Å². The molecular formula is C18H30IN3O2. The minimum Gasteiger partial charge on any atom is -0.379 e. The van der Waals surface area contributed by atoms with Crippen molar-refractivity contribution < 1.29 is 9.47 Å². The van der Waals surface area contributed by atoms with Crippen molar-refractivity contribution in [3.05, 3.63) is 35.4 Å². The predicted octanol–water partition coefficient (Wildman–Crippen LogP) is 2.86. The van der Waals surface area contributed by atoms with Crippen molar-refractivity contribution in [2.45, 2.75) is 38.8 Å². The monoisotopic (exact) mass is 447 g/mol. The van der Waals surface area contributed by atoms with E-state index in [1.807, 2.05) is 0 Å². The molecule has 0 amide bonds. The second-order valence-corrected chi connectivity index (χ2v) is 5.84. The topological polar surface area (TPSA) is 54.9 Å². The second kappa shape index (κ2) is 12.5. The summed E-state index contributed by atoms with van der Waals surface area (Å²) in [6.07, 6.45) is 3.57. The Morgan fingerprint density at radius 2 is 2.17 bits per heavy atom. The molecule has 0 bridgehead atoms. The third kappa shape index (κ3) is 7.81. The van der Waals surface area contributed by atoms with Crippen molar-refractivity contribution in [3.63, 3.8) is 0 Å². The molecule has 1 heterocycles. The van der Waals surface area contributed by atoms with Crippen molar-refractivity contribution in [3.8, 4) is 0 Å². The van der Waals surface area contributed by atoms with Crippen molar-refractivity contribution >= 4 is 29.9 Å². The van der Waals surface area contributed by atoms with Crippen LogP contribution < -0.4 is 10.6 Å². The maximum Gasteiger partial charge on any atom is 0.191 e. The van der Waals surface area contributed by atoms with Gasteiger partial charge in [-0.25, -0.2) is 0 Å². The zero-order chi connectivity index (χ0) is 16.3. The van der Waals surface area contributed by atoms with Gasteiger partial charge in [0.15, 0.2) is 5.96 Å². The molecule has 0 spiro atoms. The van der Waals surface area contributed by atoms with Crippen LogP contribution in [0.25, 0.3) is 0 Å². The number of ether oxygens (including phenoxy) is 2. The second-order valence-electron chi connectivity index (χ2n) is 5.84.